The zero-order valence-corrected chi connectivity index (χ0v) is 11.7. The number of fused-ring (bicyclic) bond motifs is 1. The predicted octanol–water partition coefficient (Wildman–Crippen LogP) is 3.87. The highest BCUT2D eigenvalue weighted by Crippen LogP contribution is 2.30. The Kier molecular flexibility index (Phi) is 3.46. The Morgan fingerprint density at radius 1 is 1.25 bits per heavy atom. The second-order valence-electron chi connectivity index (χ2n) is 4.64. The predicted molar refractivity (Wildman–Crippen MR) is 79.2 cm³/mol. The molecule has 0 bridgehead atoms. The highest BCUT2D eigenvalue weighted by molar-refractivity contribution is 7.99. The van der Waals surface area contributed by atoms with Gasteiger partial charge in [-0.05, 0) is 48.5 Å². The van der Waals surface area contributed by atoms with Gasteiger partial charge in [0.25, 0.3) is 0 Å². The van der Waals surface area contributed by atoms with Crippen molar-refractivity contribution in [3.05, 3.63) is 53.8 Å². The quantitative estimate of drug-likeness (QED) is 0.768. The largest absolute Gasteiger partial charge is 0.333 e. The molecular formula is C15H14FN3S. The van der Waals surface area contributed by atoms with Crippen LogP contribution < -0.4 is 5.73 Å². The van der Waals surface area contributed by atoms with Gasteiger partial charge in [0.05, 0.1) is 15.9 Å². The molecule has 3 nitrogen and oxygen atoms in total. The first-order chi connectivity index (χ1) is 9.63. The fourth-order valence-electron chi connectivity index (χ4n) is 1.96. The monoisotopic (exact) mass is 287 g/mol. The number of H-pyrrole nitrogens is 1. The van der Waals surface area contributed by atoms with Crippen LogP contribution in [0, 0.1) is 5.82 Å². The molecule has 0 unspecified atom stereocenters. The molecule has 0 radical (unpaired) electrons. The minimum atomic E-state index is -0.273. The summed E-state index contributed by atoms with van der Waals surface area (Å²) in [6.45, 7) is 1.83. The number of aromatic nitrogens is 2. The van der Waals surface area contributed by atoms with Crippen LogP contribution in [0.3, 0.4) is 0 Å². The highest BCUT2D eigenvalue weighted by Gasteiger charge is 2.10. The molecule has 3 rings (SSSR count). The molecule has 5 heteroatoms. The van der Waals surface area contributed by atoms with Crippen molar-refractivity contribution >= 4 is 22.8 Å². The van der Waals surface area contributed by atoms with Gasteiger partial charge < -0.3 is 10.7 Å². The van der Waals surface area contributed by atoms with Crippen LogP contribution in [0.15, 0.2) is 52.5 Å². The summed E-state index contributed by atoms with van der Waals surface area (Å²) in [6, 6.07) is 12.6. The Bertz CT molecular complexity index is 719. The Morgan fingerprint density at radius 2 is 2.05 bits per heavy atom. The maximum Gasteiger partial charge on any atom is 0.171 e. The number of rotatable bonds is 3. The zero-order valence-electron chi connectivity index (χ0n) is 10.9. The molecule has 0 aliphatic heterocycles. The first-order valence-corrected chi connectivity index (χ1v) is 7.13. The lowest BCUT2D eigenvalue weighted by atomic mass is 10.1. The van der Waals surface area contributed by atoms with E-state index in [2.05, 4.69) is 9.97 Å². The van der Waals surface area contributed by atoms with E-state index >= 15 is 0 Å². The third-order valence-electron chi connectivity index (χ3n) is 3.06. The Morgan fingerprint density at radius 3 is 2.75 bits per heavy atom. The molecule has 1 heterocycles. The van der Waals surface area contributed by atoms with Crippen molar-refractivity contribution in [2.75, 3.05) is 0 Å². The standard InChI is InChI=1S/C15H14FN3S/c1-9(17)10-6-7-14(11(16)8-10)20-15-18-12-4-2-3-5-13(12)19-15/h2-9H,17H2,1H3,(H,18,19)/t9-/m0/s1. The Labute approximate surface area is 120 Å². The number of aromatic amines is 1. The van der Waals surface area contributed by atoms with Gasteiger partial charge >= 0.3 is 0 Å². The molecule has 102 valence electrons. The van der Waals surface area contributed by atoms with Gasteiger partial charge in [-0.1, -0.05) is 18.2 Å². The number of para-hydroxylation sites is 2. The maximum absolute atomic E-state index is 14.0. The van der Waals surface area contributed by atoms with Gasteiger partial charge in [-0.25, -0.2) is 9.37 Å². The van der Waals surface area contributed by atoms with Gasteiger partial charge in [0.15, 0.2) is 5.16 Å². The fourth-order valence-corrected chi connectivity index (χ4v) is 2.77. The molecule has 0 aliphatic carbocycles. The van der Waals surface area contributed by atoms with Crippen LogP contribution in [0.4, 0.5) is 4.39 Å². The molecule has 1 atom stereocenters. The lowest BCUT2D eigenvalue weighted by Crippen LogP contribution is -2.05. The normalized spacial score (nSPS) is 12.8. The second-order valence-corrected chi connectivity index (χ2v) is 5.67. The lowest BCUT2D eigenvalue weighted by molar-refractivity contribution is 0.596. The van der Waals surface area contributed by atoms with Crippen molar-refractivity contribution in [3.8, 4) is 0 Å². The summed E-state index contributed by atoms with van der Waals surface area (Å²) in [5.74, 6) is -0.273. The van der Waals surface area contributed by atoms with E-state index in [-0.39, 0.29) is 11.9 Å². The van der Waals surface area contributed by atoms with Gasteiger partial charge in [0.2, 0.25) is 0 Å². The van der Waals surface area contributed by atoms with Crippen molar-refractivity contribution in [2.45, 2.75) is 23.0 Å². The van der Waals surface area contributed by atoms with Crippen LogP contribution in [0.2, 0.25) is 0 Å². The number of nitrogens with two attached hydrogens (primary N) is 1. The molecule has 0 aliphatic rings. The topological polar surface area (TPSA) is 54.7 Å². The smallest absolute Gasteiger partial charge is 0.171 e. The maximum atomic E-state index is 14.0. The highest BCUT2D eigenvalue weighted by atomic mass is 32.2. The van der Waals surface area contributed by atoms with E-state index in [1.807, 2.05) is 37.3 Å². The molecule has 0 saturated heterocycles. The van der Waals surface area contributed by atoms with Crippen molar-refractivity contribution in [2.24, 2.45) is 5.73 Å². The summed E-state index contributed by atoms with van der Waals surface area (Å²) in [5.41, 5.74) is 8.36. The number of nitrogens with zero attached hydrogens (tertiary/aromatic N) is 1. The molecule has 0 fully saturated rings. The Balaban J connectivity index is 1.90. The number of hydrogen-bond donors (Lipinski definition) is 2. The summed E-state index contributed by atoms with van der Waals surface area (Å²) < 4.78 is 14.0. The van der Waals surface area contributed by atoms with E-state index in [4.69, 9.17) is 5.73 Å². The first kappa shape index (κ1) is 13.1. The van der Waals surface area contributed by atoms with Crippen LogP contribution in [0.5, 0.6) is 0 Å². The molecule has 0 amide bonds. The zero-order chi connectivity index (χ0) is 14.1. The van der Waals surface area contributed by atoms with Gasteiger partial charge in [-0.15, -0.1) is 0 Å². The van der Waals surface area contributed by atoms with E-state index in [1.54, 1.807) is 6.07 Å². The third kappa shape index (κ3) is 2.55. The lowest BCUT2D eigenvalue weighted by Gasteiger charge is -2.07. The van der Waals surface area contributed by atoms with Crippen molar-refractivity contribution < 1.29 is 4.39 Å². The van der Waals surface area contributed by atoms with E-state index in [1.165, 1.54) is 17.8 Å². The molecule has 3 aromatic rings. The molecule has 20 heavy (non-hydrogen) atoms. The van der Waals surface area contributed by atoms with E-state index in [0.29, 0.717) is 10.1 Å². The van der Waals surface area contributed by atoms with Gasteiger partial charge in [0.1, 0.15) is 5.82 Å². The number of hydrogen-bond acceptors (Lipinski definition) is 3. The number of halogens is 1. The SMILES string of the molecule is C[C@H](N)c1ccc(Sc2nc3ccccc3[nH]2)c(F)c1. The van der Waals surface area contributed by atoms with Crippen LogP contribution in [-0.2, 0) is 0 Å². The summed E-state index contributed by atoms with van der Waals surface area (Å²) in [7, 11) is 0. The van der Waals surface area contributed by atoms with Crippen LogP contribution in [0.25, 0.3) is 11.0 Å². The number of nitrogens with one attached hydrogen (secondary N) is 1. The van der Waals surface area contributed by atoms with E-state index in [0.717, 1.165) is 16.6 Å². The summed E-state index contributed by atoms with van der Waals surface area (Å²) >= 11 is 1.28. The van der Waals surface area contributed by atoms with Gasteiger partial charge in [-0.2, -0.15) is 0 Å². The molecular weight excluding hydrogens is 273 g/mol. The number of imidazole rings is 1. The number of benzene rings is 2. The molecule has 0 saturated carbocycles. The minimum absolute atomic E-state index is 0.172. The molecule has 3 N–H and O–H groups in total. The summed E-state index contributed by atoms with van der Waals surface area (Å²) in [5, 5.41) is 0.679. The fraction of sp³-hybridized carbons (Fsp3) is 0.133. The molecule has 1 aromatic heterocycles. The third-order valence-corrected chi connectivity index (χ3v) is 3.99. The van der Waals surface area contributed by atoms with Crippen molar-refractivity contribution in [1.82, 2.24) is 9.97 Å². The first-order valence-electron chi connectivity index (χ1n) is 6.31. The average Bonchev–Trinajstić information content (AvgIpc) is 2.83. The minimum Gasteiger partial charge on any atom is -0.333 e. The van der Waals surface area contributed by atoms with Gasteiger partial charge in [-0.3, -0.25) is 0 Å². The molecule has 2 aromatic carbocycles. The van der Waals surface area contributed by atoms with Crippen LogP contribution >= 0.6 is 11.8 Å². The summed E-state index contributed by atoms with van der Waals surface area (Å²) in [6.07, 6.45) is 0. The second kappa shape index (κ2) is 5.26. The Hall–Kier alpha value is -1.85. The van der Waals surface area contributed by atoms with E-state index in [9.17, 15) is 4.39 Å². The van der Waals surface area contributed by atoms with Crippen molar-refractivity contribution in [3.63, 3.8) is 0 Å². The van der Waals surface area contributed by atoms with Gasteiger partial charge in [0, 0.05) is 6.04 Å². The molecule has 0 spiro atoms. The van der Waals surface area contributed by atoms with Crippen LogP contribution in [-0.4, -0.2) is 9.97 Å². The van der Waals surface area contributed by atoms with Crippen molar-refractivity contribution in [1.29, 1.82) is 0 Å². The summed E-state index contributed by atoms with van der Waals surface area (Å²) in [4.78, 5) is 8.13. The average molecular weight is 287 g/mol. The van der Waals surface area contributed by atoms with Crippen LogP contribution in [0.1, 0.15) is 18.5 Å². The van der Waals surface area contributed by atoms with E-state index < -0.39 is 0 Å².